The number of esters is 1. The van der Waals surface area contributed by atoms with Crippen molar-refractivity contribution in [2.75, 3.05) is 13.7 Å². The lowest BCUT2D eigenvalue weighted by Crippen LogP contribution is -2.40. The molecule has 1 saturated heterocycles. The Bertz CT molecular complexity index is 627. The van der Waals surface area contributed by atoms with Crippen LogP contribution in [0.3, 0.4) is 0 Å². The van der Waals surface area contributed by atoms with Crippen LogP contribution in [-0.2, 0) is 16.0 Å². The first-order valence-electron chi connectivity index (χ1n) is 8.22. The predicted octanol–water partition coefficient (Wildman–Crippen LogP) is 3.61. The Balaban J connectivity index is 1.90. The van der Waals surface area contributed by atoms with Crippen molar-refractivity contribution in [3.05, 3.63) is 71.8 Å². The van der Waals surface area contributed by atoms with E-state index >= 15 is 0 Å². The molecule has 23 heavy (non-hydrogen) atoms. The van der Waals surface area contributed by atoms with Gasteiger partial charge in [0, 0.05) is 6.04 Å². The summed E-state index contributed by atoms with van der Waals surface area (Å²) in [6.45, 7) is 0.937. The van der Waals surface area contributed by atoms with Gasteiger partial charge in [-0.1, -0.05) is 60.7 Å². The van der Waals surface area contributed by atoms with Crippen LogP contribution in [0.25, 0.3) is 0 Å². The lowest BCUT2D eigenvalue weighted by molar-refractivity contribution is -0.146. The summed E-state index contributed by atoms with van der Waals surface area (Å²) < 4.78 is 5.02. The molecular weight excluding hydrogens is 286 g/mol. The van der Waals surface area contributed by atoms with Crippen molar-refractivity contribution in [3.63, 3.8) is 0 Å². The van der Waals surface area contributed by atoms with Gasteiger partial charge in [-0.3, -0.25) is 9.69 Å². The van der Waals surface area contributed by atoms with Crippen molar-refractivity contribution in [3.8, 4) is 0 Å². The molecule has 1 fully saturated rings. The molecule has 0 N–H and O–H groups in total. The number of nitrogens with zero attached hydrogens (tertiary/aromatic N) is 1. The number of carbonyl (C=O) groups is 1. The molecule has 0 radical (unpaired) electrons. The van der Waals surface area contributed by atoms with Gasteiger partial charge in [0.25, 0.3) is 0 Å². The Morgan fingerprint density at radius 2 is 1.78 bits per heavy atom. The van der Waals surface area contributed by atoms with Gasteiger partial charge in [-0.25, -0.2) is 0 Å². The van der Waals surface area contributed by atoms with Crippen molar-refractivity contribution in [2.24, 2.45) is 0 Å². The Morgan fingerprint density at radius 3 is 2.43 bits per heavy atom. The van der Waals surface area contributed by atoms with Crippen LogP contribution in [0.5, 0.6) is 0 Å². The minimum absolute atomic E-state index is 0.114. The number of methoxy groups -OCH3 is 1. The van der Waals surface area contributed by atoms with Gasteiger partial charge in [0.1, 0.15) is 6.04 Å². The Hall–Kier alpha value is -2.13. The maximum Gasteiger partial charge on any atom is 0.323 e. The number of hydrogen-bond acceptors (Lipinski definition) is 3. The molecule has 0 saturated carbocycles. The van der Waals surface area contributed by atoms with Crippen LogP contribution in [0.1, 0.15) is 30.0 Å². The molecule has 1 unspecified atom stereocenters. The molecule has 120 valence electrons. The first-order chi connectivity index (χ1) is 11.3. The normalized spacial score (nSPS) is 19.4. The smallest absolute Gasteiger partial charge is 0.323 e. The largest absolute Gasteiger partial charge is 0.468 e. The summed E-state index contributed by atoms with van der Waals surface area (Å²) in [4.78, 5) is 14.5. The van der Waals surface area contributed by atoms with Crippen LogP contribution >= 0.6 is 0 Å². The SMILES string of the molecule is COC(=O)[C@@H]1CCCN1C(Cc1ccccc1)c1ccccc1. The number of ether oxygens (including phenoxy) is 1. The lowest BCUT2D eigenvalue weighted by Gasteiger charge is -2.32. The maximum absolute atomic E-state index is 12.1. The number of rotatable bonds is 5. The van der Waals surface area contributed by atoms with Crippen LogP contribution in [0.4, 0.5) is 0 Å². The molecule has 1 aliphatic heterocycles. The van der Waals surface area contributed by atoms with Gasteiger partial charge in [-0.05, 0) is 36.9 Å². The second-order valence-electron chi connectivity index (χ2n) is 6.04. The van der Waals surface area contributed by atoms with Gasteiger partial charge >= 0.3 is 5.97 Å². The monoisotopic (exact) mass is 309 g/mol. The van der Waals surface area contributed by atoms with Crippen molar-refractivity contribution >= 4 is 5.97 Å². The highest BCUT2D eigenvalue weighted by molar-refractivity contribution is 5.76. The van der Waals surface area contributed by atoms with Crippen LogP contribution in [0.2, 0.25) is 0 Å². The fourth-order valence-corrected chi connectivity index (χ4v) is 3.49. The summed E-state index contributed by atoms with van der Waals surface area (Å²) in [5, 5.41) is 0. The minimum atomic E-state index is -0.131. The third-order valence-electron chi connectivity index (χ3n) is 4.62. The third-order valence-corrected chi connectivity index (χ3v) is 4.62. The molecule has 0 spiro atoms. The molecule has 2 aromatic rings. The van der Waals surface area contributed by atoms with E-state index in [0.29, 0.717) is 0 Å². The zero-order chi connectivity index (χ0) is 16.1. The average Bonchev–Trinajstić information content (AvgIpc) is 3.10. The first-order valence-corrected chi connectivity index (χ1v) is 8.22. The maximum atomic E-state index is 12.1. The molecule has 0 amide bonds. The number of hydrogen-bond donors (Lipinski definition) is 0. The molecule has 0 aliphatic carbocycles. The fraction of sp³-hybridized carbons (Fsp3) is 0.350. The Morgan fingerprint density at radius 1 is 1.13 bits per heavy atom. The van der Waals surface area contributed by atoms with E-state index in [2.05, 4.69) is 53.4 Å². The fourth-order valence-electron chi connectivity index (χ4n) is 3.49. The Labute approximate surface area is 137 Å². The van der Waals surface area contributed by atoms with Crippen LogP contribution in [0.15, 0.2) is 60.7 Å². The second-order valence-corrected chi connectivity index (χ2v) is 6.04. The minimum Gasteiger partial charge on any atom is -0.468 e. The standard InChI is InChI=1S/C20H23NO2/c1-23-20(22)18-13-8-14-21(18)19(17-11-6-3-7-12-17)15-16-9-4-2-5-10-16/h2-7,9-12,18-19H,8,13-15H2,1H3/t18-,19?/m0/s1. The Kier molecular flexibility index (Phi) is 5.09. The van der Waals surface area contributed by atoms with Crippen LogP contribution < -0.4 is 0 Å². The predicted molar refractivity (Wildman–Crippen MR) is 91.1 cm³/mol. The topological polar surface area (TPSA) is 29.5 Å². The van der Waals surface area contributed by atoms with Gasteiger partial charge in [0.15, 0.2) is 0 Å². The summed E-state index contributed by atoms with van der Waals surface area (Å²) >= 11 is 0. The lowest BCUT2D eigenvalue weighted by atomic mass is 9.96. The van der Waals surface area contributed by atoms with E-state index in [1.165, 1.54) is 18.2 Å². The molecule has 3 rings (SSSR count). The van der Waals surface area contributed by atoms with E-state index in [1.807, 2.05) is 12.1 Å². The molecule has 1 heterocycles. The molecule has 2 atom stereocenters. The molecular formula is C20H23NO2. The van der Waals surface area contributed by atoms with E-state index in [-0.39, 0.29) is 18.1 Å². The summed E-state index contributed by atoms with van der Waals surface area (Å²) in [6, 6.07) is 21.0. The van der Waals surface area contributed by atoms with E-state index in [4.69, 9.17) is 4.74 Å². The highest BCUT2D eigenvalue weighted by Gasteiger charge is 2.36. The zero-order valence-electron chi connectivity index (χ0n) is 13.5. The second kappa shape index (κ2) is 7.42. The molecule has 0 bridgehead atoms. The van der Waals surface area contributed by atoms with E-state index in [9.17, 15) is 4.79 Å². The molecule has 1 aliphatic rings. The van der Waals surface area contributed by atoms with Crippen LogP contribution in [0, 0.1) is 0 Å². The molecule has 3 nitrogen and oxygen atoms in total. The molecule has 2 aromatic carbocycles. The van der Waals surface area contributed by atoms with Gasteiger partial charge in [0.05, 0.1) is 7.11 Å². The molecule has 3 heteroatoms. The summed E-state index contributed by atoms with van der Waals surface area (Å²) in [7, 11) is 1.48. The summed E-state index contributed by atoms with van der Waals surface area (Å²) in [5.74, 6) is -0.114. The number of benzene rings is 2. The van der Waals surface area contributed by atoms with E-state index in [1.54, 1.807) is 0 Å². The highest BCUT2D eigenvalue weighted by atomic mass is 16.5. The van der Waals surface area contributed by atoms with Crippen molar-refractivity contribution < 1.29 is 9.53 Å². The van der Waals surface area contributed by atoms with Gasteiger partial charge in [0.2, 0.25) is 0 Å². The van der Waals surface area contributed by atoms with Gasteiger partial charge in [-0.2, -0.15) is 0 Å². The van der Waals surface area contributed by atoms with Gasteiger partial charge in [-0.15, -0.1) is 0 Å². The summed E-state index contributed by atoms with van der Waals surface area (Å²) in [5.41, 5.74) is 2.55. The zero-order valence-corrected chi connectivity index (χ0v) is 13.5. The number of carbonyl (C=O) groups excluding carboxylic acids is 1. The van der Waals surface area contributed by atoms with E-state index in [0.717, 1.165) is 25.8 Å². The quantitative estimate of drug-likeness (QED) is 0.790. The van der Waals surface area contributed by atoms with Crippen molar-refractivity contribution in [1.82, 2.24) is 4.90 Å². The van der Waals surface area contributed by atoms with Crippen molar-refractivity contribution in [2.45, 2.75) is 31.3 Å². The number of likely N-dealkylation sites (tertiary alicyclic amines) is 1. The van der Waals surface area contributed by atoms with E-state index < -0.39 is 0 Å². The highest BCUT2D eigenvalue weighted by Crippen LogP contribution is 2.32. The van der Waals surface area contributed by atoms with Crippen molar-refractivity contribution in [1.29, 1.82) is 0 Å². The summed E-state index contributed by atoms with van der Waals surface area (Å²) in [6.07, 6.45) is 2.82. The average molecular weight is 309 g/mol. The molecule has 0 aromatic heterocycles. The van der Waals surface area contributed by atoms with Gasteiger partial charge < -0.3 is 4.74 Å². The van der Waals surface area contributed by atoms with Crippen LogP contribution in [-0.4, -0.2) is 30.6 Å². The first kappa shape index (κ1) is 15.8. The third kappa shape index (κ3) is 3.62.